The number of imide groups is 1. The Labute approximate surface area is 214 Å². The van der Waals surface area contributed by atoms with Crippen LogP contribution in [0.1, 0.15) is 52.0 Å². The van der Waals surface area contributed by atoms with Gasteiger partial charge in [-0.05, 0) is 44.1 Å². The second-order valence-corrected chi connectivity index (χ2v) is 9.50. The van der Waals surface area contributed by atoms with Crippen molar-refractivity contribution in [2.45, 2.75) is 58.9 Å². The van der Waals surface area contributed by atoms with Crippen molar-refractivity contribution in [1.82, 2.24) is 4.90 Å². The molecule has 0 saturated heterocycles. The lowest BCUT2D eigenvalue weighted by Gasteiger charge is -2.20. The molecule has 0 saturated carbocycles. The molecular formula is C28H38ClN2O4+. The van der Waals surface area contributed by atoms with Gasteiger partial charge in [-0.1, -0.05) is 60.5 Å². The van der Waals surface area contributed by atoms with E-state index in [0.29, 0.717) is 24.3 Å². The monoisotopic (exact) mass is 501 g/mol. The maximum absolute atomic E-state index is 13.3. The van der Waals surface area contributed by atoms with Crippen LogP contribution in [0, 0.1) is 5.92 Å². The minimum atomic E-state index is -0.375. The van der Waals surface area contributed by atoms with E-state index in [1.54, 1.807) is 31.3 Å². The maximum atomic E-state index is 13.3. The summed E-state index contributed by atoms with van der Waals surface area (Å²) in [6, 6.07) is 9.44. The molecule has 3 atom stereocenters. The first-order chi connectivity index (χ1) is 16.7. The Morgan fingerprint density at radius 3 is 2.49 bits per heavy atom. The minimum Gasteiger partial charge on any atom is -0.494 e. The van der Waals surface area contributed by atoms with Gasteiger partial charge in [-0.3, -0.25) is 4.79 Å². The SMILES string of the molecule is COC1=CC(=O)[NH+](C(=O)/C(C)=C\C(C)CC/C(=C/Cl)CCCN(C)C(C)=O)C1Cc1ccccc1. The van der Waals surface area contributed by atoms with Gasteiger partial charge >= 0.3 is 11.8 Å². The van der Waals surface area contributed by atoms with Gasteiger partial charge < -0.3 is 9.64 Å². The van der Waals surface area contributed by atoms with Crippen molar-refractivity contribution in [2.24, 2.45) is 5.92 Å². The molecule has 6 nitrogen and oxygen atoms in total. The normalized spacial score (nSPS) is 19.4. The van der Waals surface area contributed by atoms with Gasteiger partial charge in [0, 0.05) is 32.5 Å². The summed E-state index contributed by atoms with van der Waals surface area (Å²) in [7, 11) is 3.33. The van der Waals surface area contributed by atoms with Crippen LogP contribution in [0.3, 0.4) is 0 Å². The van der Waals surface area contributed by atoms with Crippen LogP contribution in [0.25, 0.3) is 0 Å². The number of carbonyl (C=O) groups excluding carboxylic acids is 3. The molecular weight excluding hydrogens is 464 g/mol. The summed E-state index contributed by atoms with van der Waals surface area (Å²) in [6.45, 7) is 6.09. The first-order valence-electron chi connectivity index (χ1n) is 12.1. The Hall–Kier alpha value is -2.70. The number of carbonyl (C=O) groups is 3. The predicted molar refractivity (Wildman–Crippen MR) is 139 cm³/mol. The molecule has 3 amide bonds. The molecule has 0 fully saturated rings. The molecule has 0 bridgehead atoms. The fraction of sp³-hybridized carbons (Fsp3) is 0.464. The van der Waals surface area contributed by atoms with Gasteiger partial charge in [-0.15, -0.1) is 0 Å². The zero-order valence-corrected chi connectivity index (χ0v) is 22.2. The average molecular weight is 502 g/mol. The van der Waals surface area contributed by atoms with Gasteiger partial charge in [0.15, 0.2) is 11.8 Å². The van der Waals surface area contributed by atoms with Gasteiger partial charge in [-0.25, -0.2) is 9.59 Å². The molecule has 1 aliphatic rings. The van der Waals surface area contributed by atoms with E-state index in [4.69, 9.17) is 16.3 Å². The third-order valence-corrected chi connectivity index (χ3v) is 6.80. The molecule has 1 N–H and O–H groups in total. The van der Waals surface area contributed by atoms with Gasteiger partial charge in [0.2, 0.25) is 5.91 Å². The maximum Gasteiger partial charge on any atom is 0.348 e. The lowest BCUT2D eigenvalue weighted by Crippen LogP contribution is -3.19. The highest BCUT2D eigenvalue weighted by Gasteiger charge is 2.44. The van der Waals surface area contributed by atoms with E-state index in [9.17, 15) is 14.4 Å². The number of nitrogens with one attached hydrogen (secondary N) is 1. The topological polar surface area (TPSA) is 68.1 Å². The molecule has 0 radical (unpaired) electrons. The van der Waals surface area contributed by atoms with E-state index in [1.807, 2.05) is 36.4 Å². The van der Waals surface area contributed by atoms with Gasteiger partial charge in [-0.2, -0.15) is 4.90 Å². The van der Waals surface area contributed by atoms with E-state index in [2.05, 4.69) is 6.92 Å². The van der Waals surface area contributed by atoms with E-state index >= 15 is 0 Å². The number of rotatable bonds is 12. The Morgan fingerprint density at radius 2 is 1.89 bits per heavy atom. The molecule has 1 heterocycles. The molecule has 1 aromatic rings. The molecule has 0 spiro atoms. The molecule has 35 heavy (non-hydrogen) atoms. The summed E-state index contributed by atoms with van der Waals surface area (Å²) in [5, 5.41) is 0. The average Bonchev–Trinajstić information content (AvgIpc) is 3.15. The smallest absolute Gasteiger partial charge is 0.348 e. The summed E-state index contributed by atoms with van der Waals surface area (Å²) in [5.74, 6) is 0.251. The zero-order valence-electron chi connectivity index (χ0n) is 21.5. The lowest BCUT2D eigenvalue weighted by atomic mass is 9.97. The number of hydrogen-bond acceptors (Lipinski definition) is 4. The Bertz CT molecular complexity index is 984. The summed E-state index contributed by atoms with van der Waals surface area (Å²) in [6.07, 6.45) is 7.26. The fourth-order valence-corrected chi connectivity index (χ4v) is 4.51. The predicted octanol–water partition coefficient (Wildman–Crippen LogP) is 3.82. The van der Waals surface area contributed by atoms with Crippen molar-refractivity contribution in [2.75, 3.05) is 20.7 Å². The number of quaternary nitrogens is 1. The van der Waals surface area contributed by atoms with Gasteiger partial charge in [0.1, 0.15) is 0 Å². The van der Waals surface area contributed by atoms with Gasteiger partial charge in [0.25, 0.3) is 0 Å². The standard InChI is InChI=1S/C28H37ClN2O4/c1-20(13-14-24(19-29)12-9-15-30(4)22(3)32)16-21(2)28(34)31-25(26(35-5)18-27(31)33)17-23-10-7-6-8-11-23/h6-8,10-11,16,18-20,25H,9,12-15,17H2,1-5H3/p+1/b21-16-,24-19+. The van der Waals surface area contributed by atoms with Crippen LogP contribution in [0.2, 0.25) is 0 Å². The number of nitrogens with zero attached hydrogens (tertiary/aromatic N) is 1. The number of ether oxygens (including phenoxy) is 1. The van der Waals surface area contributed by atoms with Crippen molar-refractivity contribution < 1.29 is 24.0 Å². The van der Waals surface area contributed by atoms with Crippen molar-refractivity contribution in [3.8, 4) is 0 Å². The number of benzene rings is 1. The van der Waals surface area contributed by atoms with E-state index < -0.39 is 0 Å². The first kappa shape index (κ1) is 28.5. The van der Waals surface area contributed by atoms with Gasteiger partial charge in [0.05, 0.1) is 18.8 Å². The minimum absolute atomic E-state index is 0.0535. The summed E-state index contributed by atoms with van der Waals surface area (Å²) >= 11 is 6.03. The highest BCUT2D eigenvalue weighted by Crippen LogP contribution is 2.20. The molecule has 1 aromatic carbocycles. The van der Waals surface area contributed by atoms with Crippen LogP contribution in [0.5, 0.6) is 0 Å². The third-order valence-electron chi connectivity index (χ3n) is 6.49. The largest absolute Gasteiger partial charge is 0.494 e. The number of halogens is 1. The lowest BCUT2D eigenvalue weighted by molar-refractivity contribution is -0.754. The van der Waals surface area contributed by atoms with Crippen LogP contribution < -0.4 is 4.90 Å². The van der Waals surface area contributed by atoms with Crippen LogP contribution >= 0.6 is 11.6 Å². The van der Waals surface area contributed by atoms with Crippen LogP contribution in [0.15, 0.2) is 64.9 Å². The fourth-order valence-electron chi connectivity index (χ4n) is 4.29. The quantitative estimate of drug-likeness (QED) is 0.442. The van der Waals surface area contributed by atoms with Crippen molar-refractivity contribution in [1.29, 1.82) is 0 Å². The van der Waals surface area contributed by atoms with E-state index in [0.717, 1.165) is 36.8 Å². The van der Waals surface area contributed by atoms with Crippen molar-refractivity contribution in [3.05, 3.63) is 70.5 Å². The van der Waals surface area contributed by atoms with Crippen molar-refractivity contribution >= 4 is 29.3 Å². The molecule has 3 unspecified atom stereocenters. The highest BCUT2D eigenvalue weighted by molar-refractivity contribution is 6.25. The number of methoxy groups -OCH3 is 1. The molecule has 0 aliphatic carbocycles. The summed E-state index contributed by atoms with van der Waals surface area (Å²) < 4.78 is 5.45. The first-order valence-corrected chi connectivity index (χ1v) is 12.5. The van der Waals surface area contributed by atoms with Crippen LogP contribution in [-0.4, -0.2) is 49.4 Å². The number of amides is 3. The zero-order chi connectivity index (χ0) is 26.0. The summed E-state index contributed by atoms with van der Waals surface area (Å²) in [5.41, 5.74) is 4.38. The Morgan fingerprint density at radius 1 is 1.20 bits per heavy atom. The molecule has 7 heteroatoms. The number of hydrogen-bond donors (Lipinski definition) is 1. The second kappa shape index (κ2) is 14.0. The Balaban J connectivity index is 1.98. The number of allylic oxidation sites excluding steroid dienone is 2. The van der Waals surface area contributed by atoms with Crippen LogP contribution in [0.4, 0.5) is 0 Å². The highest BCUT2D eigenvalue weighted by atomic mass is 35.5. The van der Waals surface area contributed by atoms with Crippen LogP contribution in [-0.2, 0) is 25.5 Å². The second-order valence-electron chi connectivity index (χ2n) is 9.28. The molecule has 1 aliphatic heterocycles. The third kappa shape index (κ3) is 8.48. The molecule has 0 aromatic heterocycles. The summed E-state index contributed by atoms with van der Waals surface area (Å²) in [4.78, 5) is 39.4. The van der Waals surface area contributed by atoms with E-state index in [-0.39, 0.29) is 34.6 Å². The van der Waals surface area contributed by atoms with Crippen molar-refractivity contribution in [3.63, 3.8) is 0 Å². The molecule has 2 rings (SSSR count). The van der Waals surface area contributed by atoms with E-state index in [1.165, 1.54) is 13.2 Å². The molecule has 190 valence electrons. The Kier molecular flexibility index (Phi) is 11.4.